The first kappa shape index (κ1) is 23.8. The van der Waals surface area contributed by atoms with Crippen molar-refractivity contribution < 1.29 is 9.53 Å². The molecule has 9 unspecified atom stereocenters. The fraction of sp³-hybridized carbons (Fsp3) is 0.968. The Labute approximate surface area is 208 Å². The van der Waals surface area contributed by atoms with Gasteiger partial charge in [-0.3, -0.25) is 4.79 Å². The van der Waals surface area contributed by atoms with E-state index >= 15 is 0 Å². The highest BCUT2D eigenvalue weighted by molar-refractivity contribution is 5.83. The molecule has 5 aliphatic carbocycles. The molecule has 1 aliphatic heterocycles. The molecule has 0 aromatic rings. The molecule has 1 heterocycles. The Balaban J connectivity index is 1.23. The number of hydrogen-bond acceptors (Lipinski definition) is 2. The van der Waals surface area contributed by atoms with E-state index in [9.17, 15) is 4.79 Å². The molecule has 6 fully saturated rings. The topological polar surface area (TPSA) is 38.3 Å². The Morgan fingerprint density at radius 2 is 1.62 bits per heavy atom. The van der Waals surface area contributed by atoms with Crippen molar-refractivity contribution in [1.82, 2.24) is 5.32 Å². The van der Waals surface area contributed by atoms with Crippen LogP contribution in [0.5, 0.6) is 0 Å². The first-order chi connectivity index (χ1) is 16.2. The lowest BCUT2D eigenvalue weighted by molar-refractivity contribution is -0.196. The number of amides is 1. The van der Waals surface area contributed by atoms with Crippen LogP contribution < -0.4 is 5.32 Å². The van der Waals surface area contributed by atoms with Gasteiger partial charge >= 0.3 is 0 Å². The molecule has 3 nitrogen and oxygen atoms in total. The third-order valence-electron chi connectivity index (χ3n) is 13.2. The quantitative estimate of drug-likeness (QED) is 0.477. The molecule has 3 heteroatoms. The average molecular weight is 470 g/mol. The van der Waals surface area contributed by atoms with Gasteiger partial charge in [0.1, 0.15) is 0 Å². The maximum absolute atomic E-state index is 13.7. The lowest BCUT2D eigenvalue weighted by Gasteiger charge is -2.68. The molecule has 1 amide bonds. The molecule has 1 N–H and O–H groups in total. The van der Waals surface area contributed by atoms with Crippen LogP contribution in [0.4, 0.5) is 0 Å². The second kappa shape index (κ2) is 8.22. The second-order valence-corrected chi connectivity index (χ2v) is 14.9. The van der Waals surface area contributed by atoms with Gasteiger partial charge in [-0.15, -0.1) is 0 Å². The second-order valence-electron chi connectivity index (χ2n) is 14.9. The summed E-state index contributed by atoms with van der Waals surface area (Å²) >= 11 is 0. The summed E-state index contributed by atoms with van der Waals surface area (Å²) in [4.78, 5) is 13.7. The van der Waals surface area contributed by atoms with Gasteiger partial charge in [-0.25, -0.2) is 0 Å². The number of ether oxygens (including phenoxy) is 1. The lowest BCUT2D eigenvalue weighted by Crippen LogP contribution is -2.62. The van der Waals surface area contributed by atoms with Crippen LogP contribution in [0.3, 0.4) is 0 Å². The third kappa shape index (κ3) is 3.33. The zero-order valence-electron chi connectivity index (χ0n) is 22.6. The van der Waals surface area contributed by atoms with Crippen molar-refractivity contribution in [3.8, 4) is 0 Å². The van der Waals surface area contributed by atoms with Crippen molar-refractivity contribution in [3.63, 3.8) is 0 Å². The summed E-state index contributed by atoms with van der Waals surface area (Å²) in [7, 11) is 0. The number of carbonyl (C=O) groups excluding carboxylic acids is 1. The number of carbonyl (C=O) groups is 1. The van der Waals surface area contributed by atoms with E-state index < -0.39 is 0 Å². The van der Waals surface area contributed by atoms with Crippen molar-refractivity contribution in [1.29, 1.82) is 0 Å². The number of hydrogen-bond donors (Lipinski definition) is 1. The minimum absolute atomic E-state index is 0.0725. The molecular formula is C31H51NO2. The summed E-state index contributed by atoms with van der Waals surface area (Å²) in [5, 5.41) is 3.41. The van der Waals surface area contributed by atoms with Crippen molar-refractivity contribution in [2.75, 3.05) is 13.2 Å². The molecule has 0 aromatic heterocycles. The van der Waals surface area contributed by atoms with Gasteiger partial charge < -0.3 is 10.1 Å². The minimum Gasteiger partial charge on any atom is -0.376 e. The van der Waals surface area contributed by atoms with Crippen LogP contribution in [0, 0.1) is 51.2 Å². The van der Waals surface area contributed by atoms with Crippen LogP contribution in [-0.2, 0) is 9.53 Å². The van der Waals surface area contributed by atoms with Gasteiger partial charge in [-0.2, -0.15) is 0 Å². The Hall–Kier alpha value is -0.570. The van der Waals surface area contributed by atoms with Crippen LogP contribution in [0.25, 0.3) is 0 Å². The van der Waals surface area contributed by atoms with E-state index in [1.54, 1.807) is 0 Å². The molecule has 5 saturated carbocycles. The van der Waals surface area contributed by atoms with Crippen LogP contribution >= 0.6 is 0 Å². The zero-order valence-corrected chi connectivity index (χ0v) is 22.6. The highest BCUT2D eigenvalue weighted by atomic mass is 16.5. The van der Waals surface area contributed by atoms with Crippen LogP contribution in [0.1, 0.15) is 118 Å². The lowest BCUT2D eigenvalue weighted by atomic mass is 9.36. The van der Waals surface area contributed by atoms with E-state index in [2.05, 4.69) is 33.0 Å². The standard InChI is InChI=1S/C31H51NO2/c1-28(2)14-7-15-30(4)25(28)13-17-29(3)23-12-18-31(27(33)32-20-21-8-6-19-34-21)16-5-9-24(31)22(23)10-11-26(29)30/h21-26H,5-20H2,1-4H3,(H,32,33). The van der Waals surface area contributed by atoms with Gasteiger partial charge in [0.25, 0.3) is 0 Å². The van der Waals surface area contributed by atoms with E-state index in [1.807, 2.05) is 0 Å². The Morgan fingerprint density at radius 1 is 0.765 bits per heavy atom. The monoisotopic (exact) mass is 469 g/mol. The number of rotatable bonds is 3. The van der Waals surface area contributed by atoms with E-state index in [0.717, 1.165) is 62.5 Å². The third-order valence-corrected chi connectivity index (χ3v) is 13.2. The molecule has 192 valence electrons. The highest BCUT2D eigenvalue weighted by Gasteiger charge is 2.66. The molecule has 34 heavy (non-hydrogen) atoms. The molecule has 0 spiro atoms. The summed E-state index contributed by atoms with van der Waals surface area (Å²) in [5.41, 5.74) is 1.46. The molecule has 6 aliphatic rings. The minimum atomic E-state index is -0.0725. The number of nitrogens with one attached hydrogen (secondary N) is 1. The van der Waals surface area contributed by atoms with Gasteiger partial charge in [0.15, 0.2) is 0 Å². The fourth-order valence-corrected chi connectivity index (χ4v) is 11.9. The van der Waals surface area contributed by atoms with Crippen molar-refractivity contribution >= 4 is 5.91 Å². The van der Waals surface area contributed by atoms with Gasteiger partial charge in [0.05, 0.1) is 11.5 Å². The average Bonchev–Trinajstić information content (AvgIpc) is 3.47. The Bertz CT molecular complexity index is 801. The summed E-state index contributed by atoms with van der Waals surface area (Å²) < 4.78 is 5.81. The maximum Gasteiger partial charge on any atom is 0.226 e. The van der Waals surface area contributed by atoms with Crippen LogP contribution in [-0.4, -0.2) is 25.2 Å². The SMILES string of the molecule is CC1(C)CCCC2(C)C1CCC1(C)C3CCC4(C(=O)NCC5CCCO5)CCCC4C3CCC12. The normalized spacial score (nSPS) is 51.6. The molecule has 0 radical (unpaired) electrons. The smallest absolute Gasteiger partial charge is 0.226 e. The molecule has 1 saturated heterocycles. The maximum atomic E-state index is 13.7. The summed E-state index contributed by atoms with van der Waals surface area (Å²) in [5.74, 6) is 4.43. The molecular weight excluding hydrogens is 418 g/mol. The predicted octanol–water partition coefficient (Wildman–Crippen LogP) is 7.14. The van der Waals surface area contributed by atoms with Crippen LogP contribution in [0.2, 0.25) is 0 Å². The van der Waals surface area contributed by atoms with Crippen molar-refractivity contribution in [2.45, 2.75) is 124 Å². The van der Waals surface area contributed by atoms with Crippen molar-refractivity contribution in [2.24, 2.45) is 51.2 Å². The first-order valence-corrected chi connectivity index (χ1v) is 15.1. The summed E-state index contributed by atoms with van der Waals surface area (Å²) in [6.45, 7) is 12.2. The van der Waals surface area contributed by atoms with E-state index in [1.165, 1.54) is 64.2 Å². The molecule has 0 aromatic carbocycles. The molecule has 0 bridgehead atoms. The molecule has 9 atom stereocenters. The van der Waals surface area contributed by atoms with Gasteiger partial charge in [-0.05, 0) is 123 Å². The largest absolute Gasteiger partial charge is 0.376 e. The fourth-order valence-electron chi connectivity index (χ4n) is 11.9. The predicted molar refractivity (Wildman–Crippen MR) is 137 cm³/mol. The van der Waals surface area contributed by atoms with E-state index in [4.69, 9.17) is 4.74 Å². The van der Waals surface area contributed by atoms with Crippen LogP contribution in [0.15, 0.2) is 0 Å². The first-order valence-electron chi connectivity index (χ1n) is 15.1. The molecule has 6 rings (SSSR count). The van der Waals surface area contributed by atoms with E-state index in [-0.39, 0.29) is 11.5 Å². The Morgan fingerprint density at radius 3 is 2.41 bits per heavy atom. The number of fused-ring (bicyclic) bond motifs is 7. The summed E-state index contributed by atoms with van der Waals surface area (Å²) in [6.07, 6.45) is 18.6. The summed E-state index contributed by atoms with van der Waals surface area (Å²) in [6, 6.07) is 0. The van der Waals surface area contributed by atoms with Gasteiger partial charge in [0, 0.05) is 13.2 Å². The van der Waals surface area contributed by atoms with E-state index in [0.29, 0.717) is 28.1 Å². The Kier molecular flexibility index (Phi) is 5.76. The van der Waals surface area contributed by atoms with Crippen molar-refractivity contribution in [3.05, 3.63) is 0 Å². The van der Waals surface area contributed by atoms with Gasteiger partial charge in [0.2, 0.25) is 5.91 Å². The van der Waals surface area contributed by atoms with Gasteiger partial charge in [-0.1, -0.05) is 40.5 Å². The highest BCUT2D eigenvalue weighted by Crippen LogP contribution is 2.72. The zero-order chi connectivity index (χ0) is 23.8.